The van der Waals surface area contributed by atoms with Gasteiger partial charge in [-0.3, -0.25) is 4.79 Å². The molecule has 2 aliphatic rings. The van der Waals surface area contributed by atoms with Crippen LogP contribution in [0.3, 0.4) is 0 Å². The van der Waals surface area contributed by atoms with Crippen LogP contribution in [0, 0.1) is 11.3 Å². The van der Waals surface area contributed by atoms with E-state index in [2.05, 4.69) is 24.4 Å². The standard InChI is InChI=1S/C15H19NO2/c1-11-10-18-8-7-15(11)9-13(17)16-14(15)12-5-3-2-4-6-12/h2-6,11,14H,7-10H2,1H3,(H,16,17). The molecule has 1 amide bonds. The van der Waals surface area contributed by atoms with Crippen LogP contribution in [0.15, 0.2) is 30.3 Å². The molecule has 96 valence electrons. The van der Waals surface area contributed by atoms with E-state index < -0.39 is 0 Å². The summed E-state index contributed by atoms with van der Waals surface area (Å²) < 4.78 is 5.55. The maximum absolute atomic E-state index is 11.9. The quantitative estimate of drug-likeness (QED) is 0.824. The van der Waals surface area contributed by atoms with E-state index in [1.807, 2.05) is 18.2 Å². The third kappa shape index (κ3) is 1.74. The number of ether oxygens (including phenoxy) is 1. The summed E-state index contributed by atoms with van der Waals surface area (Å²) in [6.07, 6.45) is 1.60. The van der Waals surface area contributed by atoms with Crippen molar-refractivity contribution in [1.82, 2.24) is 5.32 Å². The number of amides is 1. The average molecular weight is 245 g/mol. The minimum atomic E-state index is 0.0384. The minimum absolute atomic E-state index is 0.0384. The van der Waals surface area contributed by atoms with Gasteiger partial charge in [0, 0.05) is 25.0 Å². The molecule has 0 radical (unpaired) electrons. The first-order valence-corrected chi connectivity index (χ1v) is 6.64. The second-order valence-corrected chi connectivity index (χ2v) is 5.55. The minimum Gasteiger partial charge on any atom is -0.381 e. The number of rotatable bonds is 1. The zero-order valence-corrected chi connectivity index (χ0v) is 10.7. The molecule has 1 aromatic carbocycles. The Balaban J connectivity index is 1.99. The Morgan fingerprint density at radius 3 is 2.83 bits per heavy atom. The molecule has 2 heterocycles. The zero-order chi connectivity index (χ0) is 12.6. The first-order chi connectivity index (χ1) is 8.72. The SMILES string of the molecule is CC1COCCC12CC(=O)NC2c1ccccc1. The Labute approximate surface area is 108 Å². The summed E-state index contributed by atoms with van der Waals surface area (Å²) >= 11 is 0. The lowest BCUT2D eigenvalue weighted by molar-refractivity contribution is -0.120. The molecule has 3 heteroatoms. The summed E-state index contributed by atoms with van der Waals surface area (Å²) in [5.74, 6) is 0.591. The first-order valence-electron chi connectivity index (χ1n) is 6.64. The maximum Gasteiger partial charge on any atom is 0.221 e. The van der Waals surface area contributed by atoms with Crippen molar-refractivity contribution in [3.8, 4) is 0 Å². The summed E-state index contributed by atoms with van der Waals surface area (Å²) in [6, 6.07) is 10.5. The van der Waals surface area contributed by atoms with Gasteiger partial charge >= 0.3 is 0 Å². The van der Waals surface area contributed by atoms with Gasteiger partial charge in [0.2, 0.25) is 5.91 Å². The van der Waals surface area contributed by atoms with E-state index in [4.69, 9.17) is 4.74 Å². The third-order valence-corrected chi connectivity index (χ3v) is 4.56. The molecule has 1 N–H and O–H groups in total. The molecular weight excluding hydrogens is 226 g/mol. The van der Waals surface area contributed by atoms with Crippen LogP contribution < -0.4 is 5.32 Å². The second kappa shape index (κ2) is 4.39. The lowest BCUT2D eigenvalue weighted by Gasteiger charge is -2.42. The Kier molecular flexibility index (Phi) is 2.86. The Morgan fingerprint density at radius 2 is 2.11 bits per heavy atom. The number of carbonyl (C=O) groups excluding carboxylic acids is 1. The fourth-order valence-electron chi connectivity index (χ4n) is 3.44. The van der Waals surface area contributed by atoms with Gasteiger partial charge in [-0.25, -0.2) is 0 Å². The van der Waals surface area contributed by atoms with Gasteiger partial charge in [0.15, 0.2) is 0 Å². The summed E-state index contributed by atoms with van der Waals surface area (Å²) in [7, 11) is 0. The van der Waals surface area contributed by atoms with Crippen molar-refractivity contribution in [2.24, 2.45) is 11.3 Å². The smallest absolute Gasteiger partial charge is 0.221 e. The van der Waals surface area contributed by atoms with Gasteiger partial charge < -0.3 is 10.1 Å². The van der Waals surface area contributed by atoms with E-state index in [9.17, 15) is 4.79 Å². The van der Waals surface area contributed by atoms with Crippen molar-refractivity contribution in [2.45, 2.75) is 25.8 Å². The van der Waals surface area contributed by atoms with Crippen molar-refractivity contribution in [3.05, 3.63) is 35.9 Å². The summed E-state index contributed by atoms with van der Waals surface area (Å²) in [5, 5.41) is 3.17. The highest BCUT2D eigenvalue weighted by atomic mass is 16.5. The highest BCUT2D eigenvalue weighted by Crippen LogP contribution is 2.51. The molecule has 0 saturated carbocycles. The average Bonchev–Trinajstić information content (AvgIpc) is 2.72. The van der Waals surface area contributed by atoms with E-state index in [0.29, 0.717) is 12.3 Å². The summed E-state index contributed by atoms with van der Waals surface area (Å²) in [6.45, 7) is 3.73. The zero-order valence-electron chi connectivity index (χ0n) is 10.7. The molecule has 3 rings (SSSR count). The molecule has 3 nitrogen and oxygen atoms in total. The molecule has 0 bridgehead atoms. The molecule has 2 saturated heterocycles. The molecule has 1 aromatic rings. The highest BCUT2D eigenvalue weighted by Gasteiger charge is 2.51. The van der Waals surface area contributed by atoms with Crippen LogP contribution in [-0.2, 0) is 9.53 Å². The van der Waals surface area contributed by atoms with Crippen LogP contribution in [0.5, 0.6) is 0 Å². The predicted octanol–water partition coefficient (Wildman–Crippen LogP) is 2.29. The monoisotopic (exact) mass is 245 g/mol. The van der Waals surface area contributed by atoms with Gasteiger partial charge in [-0.2, -0.15) is 0 Å². The molecule has 0 aliphatic carbocycles. The van der Waals surface area contributed by atoms with Gasteiger partial charge in [0.05, 0.1) is 6.04 Å². The van der Waals surface area contributed by atoms with Gasteiger partial charge in [-0.05, 0) is 17.9 Å². The van der Waals surface area contributed by atoms with Crippen LogP contribution >= 0.6 is 0 Å². The molecule has 2 fully saturated rings. The van der Waals surface area contributed by atoms with Crippen LogP contribution in [0.4, 0.5) is 0 Å². The lowest BCUT2D eigenvalue weighted by Crippen LogP contribution is -2.41. The molecule has 3 atom stereocenters. The van der Waals surface area contributed by atoms with E-state index in [1.165, 1.54) is 5.56 Å². The molecular formula is C15H19NO2. The van der Waals surface area contributed by atoms with E-state index in [0.717, 1.165) is 19.6 Å². The molecule has 3 unspecified atom stereocenters. The third-order valence-electron chi connectivity index (χ3n) is 4.56. The summed E-state index contributed by atoms with van der Waals surface area (Å²) in [4.78, 5) is 11.9. The fraction of sp³-hybridized carbons (Fsp3) is 0.533. The number of hydrogen-bond donors (Lipinski definition) is 1. The maximum atomic E-state index is 11.9. The molecule has 0 aromatic heterocycles. The molecule has 18 heavy (non-hydrogen) atoms. The Hall–Kier alpha value is -1.35. The Morgan fingerprint density at radius 1 is 1.33 bits per heavy atom. The fourth-order valence-corrected chi connectivity index (χ4v) is 3.44. The van der Waals surface area contributed by atoms with E-state index in [-0.39, 0.29) is 17.4 Å². The van der Waals surface area contributed by atoms with Gasteiger partial charge in [0.1, 0.15) is 0 Å². The van der Waals surface area contributed by atoms with Crippen molar-refractivity contribution >= 4 is 5.91 Å². The highest BCUT2D eigenvalue weighted by molar-refractivity contribution is 5.80. The largest absolute Gasteiger partial charge is 0.381 e. The van der Waals surface area contributed by atoms with Crippen LogP contribution in [0.1, 0.15) is 31.4 Å². The first kappa shape index (κ1) is 11.7. The number of carbonyl (C=O) groups is 1. The molecule has 1 spiro atoms. The number of benzene rings is 1. The van der Waals surface area contributed by atoms with Crippen molar-refractivity contribution in [2.75, 3.05) is 13.2 Å². The molecule has 2 aliphatic heterocycles. The topological polar surface area (TPSA) is 38.3 Å². The van der Waals surface area contributed by atoms with Crippen LogP contribution in [0.25, 0.3) is 0 Å². The Bertz CT molecular complexity index is 445. The lowest BCUT2D eigenvalue weighted by atomic mass is 9.66. The number of nitrogens with one attached hydrogen (secondary N) is 1. The van der Waals surface area contributed by atoms with E-state index in [1.54, 1.807) is 0 Å². The normalized spacial score (nSPS) is 35.7. The van der Waals surface area contributed by atoms with Crippen molar-refractivity contribution in [3.63, 3.8) is 0 Å². The van der Waals surface area contributed by atoms with Crippen molar-refractivity contribution < 1.29 is 9.53 Å². The number of hydrogen-bond acceptors (Lipinski definition) is 2. The second-order valence-electron chi connectivity index (χ2n) is 5.55. The van der Waals surface area contributed by atoms with Gasteiger partial charge in [-0.15, -0.1) is 0 Å². The predicted molar refractivity (Wildman–Crippen MR) is 69.0 cm³/mol. The van der Waals surface area contributed by atoms with Crippen LogP contribution in [0.2, 0.25) is 0 Å². The van der Waals surface area contributed by atoms with Crippen molar-refractivity contribution in [1.29, 1.82) is 0 Å². The van der Waals surface area contributed by atoms with Crippen LogP contribution in [-0.4, -0.2) is 19.1 Å². The van der Waals surface area contributed by atoms with Gasteiger partial charge in [0.25, 0.3) is 0 Å². The van der Waals surface area contributed by atoms with Gasteiger partial charge in [-0.1, -0.05) is 37.3 Å². The summed E-state index contributed by atoms with van der Waals surface area (Å²) in [5.41, 5.74) is 1.26. The van der Waals surface area contributed by atoms with E-state index >= 15 is 0 Å².